The molecule has 0 saturated carbocycles. The Kier molecular flexibility index (Phi) is 7.42. The van der Waals surface area contributed by atoms with Gasteiger partial charge in [0.15, 0.2) is 10.9 Å². The van der Waals surface area contributed by atoms with Crippen LogP contribution in [0.1, 0.15) is 21.9 Å². The molecule has 152 valence electrons. The lowest BCUT2D eigenvalue weighted by atomic mass is 10.1. The molecule has 0 fully saturated rings. The van der Waals surface area contributed by atoms with Gasteiger partial charge in [0.1, 0.15) is 5.82 Å². The summed E-state index contributed by atoms with van der Waals surface area (Å²) in [5.41, 5.74) is 5.77. The van der Waals surface area contributed by atoms with Crippen LogP contribution in [0.15, 0.2) is 58.3 Å². The number of hydrogen-bond donors (Lipinski definition) is 2. The first-order valence-electron chi connectivity index (χ1n) is 8.88. The number of methoxy groups -OCH3 is 1. The van der Waals surface area contributed by atoms with Gasteiger partial charge in [0.05, 0.1) is 18.6 Å². The van der Waals surface area contributed by atoms with E-state index in [1.54, 1.807) is 13.2 Å². The lowest BCUT2D eigenvalue weighted by Crippen LogP contribution is -2.42. The first-order valence-corrected chi connectivity index (χ1v) is 9.86. The monoisotopic (exact) mass is 415 g/mol. The van der Waals surface area contributed by atoms with E-state index in [0.29, 0.717) is 24.7 Å². The van der Waals surface area contributed by atoms with E-state index in [4.69, 9.17) is 9.15 Å². The van der Waals surface area contributed by atoms with E-state index in [1.165, 1.54) is 24.1 Å². The van der Waals surface area contributed by atoms with Crippen LogP contribution in [0.5, 0.6) is 0 Å². The molecule has 3 rings (SSSR count). The van der Waals surface area contributed by atoms with Crippen LogP contribution >= 0.6 is 11.8 Å². The van der Waals surface area contributed by atoms with Crippen molar-refractivity contribution in [2.45, 2.75) is 18.1 Å². The molecule has 10 heteroatoms. The number of nitrogens with zero attached hydrogens (tertiary/aromatic N) is 3. The van der Waals surface area contributed by atoms with E-state index in [0.717, 1.165) is 11.4 Å². The highest BCUT2D eigenvalue weighted by molar-refractivity contribution is 7.99. The van der Waals surface area contributed by atoms with E-state index in [-0.39, 0.29) is 17.4 Å². The number of carbonyl (C=O) groups is 2. The number of rotatable bonds is 9. The highest BCUT2D eigenvalue weighted by Gasteiger charge is 2.15. The van der Waals surface area contributed by atoms with Crippen LogP contribution in [0.25, 0.3) is 0 Å². The third-order valence-corrected chi connectivity index (χ3v) is 4.88. The third-order valence-electron chi connectivity index (χ3n) is 3.91. The molecule has 0 radical (unpaired) electrons. The van der Waals surface area contributed by atoms with E-state index < -0.39 is 5.91 Å². The molecular weight excluding hydrogens is 394 g/mol. The molecule has 29 heavy (non-hydrogen) atoms. The smallest absolute Gasteiger partial charge is 0.305 e. The Morgan fingerprint density at radius 2 is 1.97 bits per heavy atom. The summed E-state index contributed by atoms with van der Waals surface area (Å²) < 4.78 is 12.1. The van der Waals surface area contributed by atoms with Gasteiger partial charge in [-0.3, -0.25) is 20.4 Å². The fraction of sp³-hybridized carbons (Fsp3) is 0.263. The number of aromatic nitrogens is 3. The van der Waals surface area contributed by atoms with Crippen molar-refractivity contribution in [2.24, 2.45) is 0 Å². The molecule has 0 unspecified atom stereocenters. The van der Waals surface area contributed by atoms with Crippen LogP contribution in [-0.4, -0.2) is 46.0 Å². The van der Waals surface area contributed by atoms with Crippen molar-refractivity contribution in [1.82, 2.24) is 25.6 Å². The SMILES string of the molecule is COCCn1c(Cc2ccccc2)nnc1SCC(=O)NNC(=O)c1ccco1. The molecule has 2 heterocycles. The van der Waals surface area contributed by atoms with Gasteiger partial charge in [-0.15, -0.1) is 10.2 Å². The molecular formula is C19H21N5O4S. The van der Waals surface area contributed by atoms with E-state index in [2.05, 4.69) is 21.0 Å². The minimum absolute atomic E-state index is 0.0644. The van der Waals surface area contributed by atoms with Gasteiger partial charge in [0, 0.05) is 20.1 Å². The maximum absolute atomic E-state index is 12.1. The molecule has 0 aliphatic heterocycles. The zero-order valence-electron chi connectivity index (χ0n) is 15.8. The zero-order chi connectivity index (χ0) is 20.5. The average Bonchev–Trinajstić information content (AvgIpc) is 3.40. The normalized spacial score (nSPS) is 10.7. The number of benzene rings is 1. The van der Waals surface area contributed by atoms with Crippen LogP contribution < -0.4 is 10.9 Å². The first kappa shape index (κ1) is 20.6. The van der Waals surface area contributed by atoms with Crippen LogP contribution in [0.4, 0.5) is 0 Å². The Labute approximate surface area is 171 Å². The Hall–Kier alpha value is -3.11. The number of furan rings is 1. The maximum Gasteiger partial charge on any atom is 0.305 e. The van der Waals surface area contributed by atoms with Gasteiger partial charge in [-0.2, -0.15) is 0 Å². The van der Waals surface area contributed by atoms with Crippen LogP contribution in [0, 0.1) is 0 Å². The number of carbonyl (C=O) groups excluding carboxylic acids is 2. The molecule has 0 spiro atoms. The predicted octanol–water partition coefficient (Wildman–Crippen LogP) is 1.66. The summed E-state index contributed by atoms with van der Waals surface area (Å²) in [5, 5.41) is 9.10. The number of ether oxygens (including phenoxy) is 1. The van der Waals surface area contributed by atoms with Crippen LogP contribution in [0.2, 0.25) is 0 Å². The lowest BCUT2D eigenvalue weighted by Gasteiger charge is -2.10. The largest absolute Gasteiger partial charge is 0.459 e. The van der Waals surface area contributed by atoms with E-state index in [9.17, 15) is 9.59 Å². The number of amides is 2. The van der Waals surface area contributed by atoms with E-state index >= 15 is 0 Å². The number of hydrogen-bond acceptors (Lipinski definition) is 7. The van der Waals surface area contributed by atoms with Crippen molar-refractivity contribution in [2.75, 3.05) is 19.5 Å². The Balaban J connectivity index is 1.57. The molecule has 1 aromatic carbocycles. The molecule has 0 aliphatic carbocycles. The number of thioether (sulfide) groups is 1. The Morgan fingerprint density at radius 1 is 1.14 bits per heavy atom. The van der Waals surface area contributed by atoms with Gasteiger partial charge < -0.3 is 13.7 Å². The summed E-state index contributed by atoms with van der Waals surface area (Å²) in [6.07, 6.45) is 2.01. The predicted molar refractivity (Wildman–Crippen MR) is 106 cm³/mol. The van der Waals surface area contributed by atoms with Gasteiger partial charge >= 0.3 is 5.91 Å². The summed E-state index contributed by atoms with van der Waals surface area (Å²) in [4.78, 5) is 23.8. The van der Waals surface area contributed by atoms with Crippen molar-refractivity contribution in [1.29, 1.82) is 0 Å². The summed E-state index contributed by atoms with van der Waals surface area (Å²) >= 11 is 1.23. The van der Waals surface area contributed by atoms with Crippen molar-refractivity contribution in [3.05, 3.63) is 65.9 Å². The fourth-order valence-corrected chi connectivity index (χ4v) is 3.29. The summed E-state index contributed by atoms with van der Waals surface area (Å²) in [6, 6.07) is 13.1. The van der Waals surface area contributed by atoms with Crippen molar-refractivity contribution in [3.8, 4) is 0 Å². The first-order chi connectivity index (χ1) is 14.2. The molecule has 0 atom stereocenters. The molecule has 2 N–H and O–H groups in total. The van der Waals surface area contributed by atoms with Crippen molar-refractivity contribution >= 4 is 23.6 Å². The topological polar surface area (TPSA) is 111 Å². The highest BCUT2D eigenvalue weighted by Crippen LogP contribution is 2.18. The average molecular weight is 415 g/mol. The van der Waals surface area contributed by atoms with E-state index in [1.807, 2.05) is 34.9 Å². The minimum atomic E-state index is -0.526. The van der Waals surface area contributed by atoms with Crippen LogP contribution in [0.3, 0.4) is 0 Å². The minimum Gasteiger partial charge on any atom is -0.459 e. The highest BCUT2D eigenvalue weighted by atomic mass is 32.2. The van der Waals surface area contributed by atoms with Crippen LogP contribution in [-0.2, 0) is 22.5 Å². The van der Waals surface area contributed by atoms with Gasteiger partial charge in [-0.05, 0) is 17.7 Å². The van der Waals surface area contributed by atoms with Gasteiger partial charge in [0.25, 0.3) is 0 Å². The standard InChI is InChI=1S/C19H21N5O4S/c1-27-11-9-24-16(12-14-6-3-2-4-7-14)20-23-19(24)29-13-17(25)21-22-18(26)15-8-5-10-28-15/h2-8,10H,9,11-13H2,1H3,(H,21,25)(H,22,26). The third kappa shape index (κ3) is 5.93. The van der Waals surface area contributed by atoms with Gasteiger partial charge in [-0.25, -0.2) is 0 Å². The summed E-state index contributed by atoms with van der Waals surface area (Å²) in [5.74, 6) is 0.0715. The lowest BCUT2D eigenvalue weighted by molar-refractivity contribution is -0.119. The maximum atomic E-state index is 12.1. The molecule has 0 bridgehead atoms. The molecule has 3 aromatic rings. The molecule has 2 aromatic heterocycles. The molecule has 9 nitrogen and oxygen atoms in total. The van der Waals surface area contributed by atoms with Crippen molar-refractivity contribution in [3.63, 3.8) is 0 Å². The Morgan fingerprint density at radius 3 is 2.69 bits per heavy atom. The quantitative estimate of drug-likeness (QED) is 0.404. The number of hydrazine groups is 1. The molecule has 2 amide bonds. The second-order valence-electron chi connectivity index (χ2n) is 5.97. The fourth-order valence-electron chi connectivity index (χ4n) is 2.50. The zero-order valence-corrected chi connectivity index (χ0v) is 16.6. The van der Waals surface area contributed by atoms with Gasteiger partial charge in [0.2, 0.25) is 5.91 Å². The van der Waals surface area contributed by atoms with Gasteiger partial charge in [-0.1, -0.05) is 42.1 Å². The second-order valence-corrected chi connectivity index (χ2v) is 6.92. The second kappa shape index (κ2) is 10.4. The summed E-state index contributed by atoms with van der Waals surface area (Å²) in [7, 11) is 1.63. The Bertz CT molecular complexity index is 927. The molecule has 0 saturated heterocycles. The summed E-state index contributed by atoms with van der Waals surface area (Å²) in [6.45, 7) is 1.07. The molecule has 0 aliphatic rings. The van der Waals surface area contributed by atoms with Crippen molar-refractivity contribution < 1.29 is 18.7 Å². The number of nitrogens with one attached hydrogen (secondary N) is 2.